The fourth-order valence-corrected chi connectivity index (χ4v) is 3.76. The number of benzene rings is 3. The Morgan fingerprint density at radius 1 is 0.903 bits per heavy atom. The van der Waals surface area contributed by atoms with E-state index >= 15 is 0 Å². The number of aliphatic hydroxyl groups is 1. The molecule has 0 radical (unpaired) electrons. The molecule has 0 aliphatic carbocycles. The van der Waals surface area contributed by atoms with Crippen molar-refractivity contribution >= 4 is 11.0 Å². The maximum atomic E-state index is 10.8. The lowest BCUT2D eigenvalue weighted by Crippen LogP contribution is -2.25. The smallest absolute Gasteiger partial charge is 0.148 e. The summed E-state index contributed by atoms with van der Waals surface area (Å²) in [5, 5.41) is 10.8. The summed E-state index contributed by atoms with van der Waals surface area (Å²) in [5.74, 6) is 2.41. The normalized spacial score (nSPS) is 12.1. The van der Waals surface area contributed by atoms with Gasteiger partial charge in [0.25, 0.3) is 0 Å². The highest BCUT2D eigenvalue weighted by molar-refractivity contribution is 5.75. The number of aryl methyl sites for hydroxylation is 3. The van der Waals surface area contributed by atoms with Crippen LogP contribution in [0.4, 0.5) is 0 Å². The van der Waals surface area contributed by atoms with Gasteiger partial charge in [0.05, 0.1) is 17.6 Å². The highest BCUT2D eigenvalue weighted by Gasteiger charge is 2.16. The first-order valence-corrected chi connectivity index (χ1v) is 10.5. The van der Waals surface area contributed by atoms with Crippen LogP contribution in [0.25, 0.3) is 11.0 Å². The molecular weight excluding hydrogens is 388 g/mol. The van der Waals surface area contributed by atoms with E-state index in [0.29, 0.717) is 13.2 Å². The number of imidazole rings is 1. The van der Waals surface area contributed by atoms with Crippen LogP contribution in [0, 0.1) is 20.8 Å². The summed E-state index contributed by atoms with van der Waals surface area (Å²) in [6.07, 6.45) is -0.686. The van der Waals surface area contributed by atoms with Crippen molar-refractivity contribution in [2.75, 3.05) is 6.61 Å². The summed E-state index contributed by atoms with van der Waals surface area (Å²) in [5.41, 5.74) is 5.12. The number of ether oxygens (including phenoxy) is 2. The summed E-state index contributed by atoms with van der Waals surface area (Å²) in [6.45, 7) is 6.96. The molecule has 1 heterocycles. The molecule has 4 rings (SSSR count). The topological polar surface area (TPSA) is 56.5 Å². The maximum Gasteiger partial charge on any atom is 0.148 e. The molecule has 0 aliphatic heterocycles. The number of aromatic nitrogens is 2. The van der Waals surface area contributed by atoms with E-state index in [0.717, 1.165) is 45.0 Å². The van der Waals surface area contributed by atoms with E-state index in [9.17, 15) is 5.11 Å². The van der Waals surface area contributed by atoms with Crippen molar-refractivity contribution in [2.45, 2.75) is 40.0 Å². The van der Waals surface area contributed by atoms with E-state index < -0.39 is 6.10 Å². The molecule has 1 N–H and O–H groups in total. The van der Waals surface area contributed by atoms with Gasteiger partial charge in [-0.05, 0) is 61.7 Å². The fraction of sp³-hybridized carbons (Fsp3) is 0.269. The minimum absolute atomic E-state index is 0.205. The second-order valence-corrected chi connectivity index (χ2v) is 7.92. The first kappa shape index (κ1) is 20.9. The lowest BCUT2D eigenvalue weighted by atomic mass is 10.1. The van der Waals surface area contributed by atoms with Gasteiger partial charge >= 0.3 is 0 Å². The molecule has 1 atom stereocenters. The average molecular weight is 417 g/mol. The molecule has 0 saturated carbocycles. The van der Waals surface area contributed by atoms with Crippen LogP contribution in [0.2, 0.25) is 0 Å². The standard InChI is InChI=1S/C26H28N2O3/c1-18-8-6-11-22(14-18)30-17-25-27-23-12-4-5-13-24(23)28(25)15-21(29)16-31-26-19(2)9-7-10-20(26)3/h4-14,21,29H,15-17H2,1-3H3/t21-/m0/s1. The van der Waals surface area contributed by atoms with Gasteiger partial charge in [-0.3, -0.25) is 0 Å². The third-order valence-electron chi connectivity index (χ3n) is 5.31. The zero-order chi connectivity index (χ0) is 21.8. The highest BCUT2D eigenvalue weighted by Crippen LogP contribution is 2.23. The Morgan fingerprint density at radius 2 is 1.65 bits per heavy atom. The summed E-state index contributed by atoms with van der Waals surface area (Å²) >= 11 is 0. The molecule has 31 heavy (non-hydrogen) atoms. The van der Waals surface area contributed by atoms with Gasteiger partial charge in [-0.15, -0.1) is 0 Å². The first-order chi connectivity index (χ1) is 15.0. The van der Waals surface area contributed by atoms with Crippen LogP contribution in [-0.4, -0.2) is 27.4 Å². The maximum absolute atomic E-state index is 10.8. The fourth-order valence-electron chi connectivity index (χ4n) is 3.76. The molecule has 0 fully saturated rings. The first-order valence-electron chi connectivity index (χ1n) is 10.5. The van der Waals surface area contributed by atoms with Crippen LogP contribution in [-0.2, 0) is 13.2 Å². The lowest BCUT2D eigenvalue weighted by molar-refractivity contribution is 0.0911. The molecule has 0 spiro atoms. The third-order valence-corrected chi connectivity index (χ3v) is 5.31. The van der Waals surface area contributed by atoms with Gasteiger partial charge in [0.1, 0.15) is 36.6 Å². The second-order valence-electron chi connectivity index (χ2n) is 7.92. The second kappa shape index (κ2) is 9.23. The zero-order valence-corrected chi connectivity index (χ0v) is 18.2. The molecule has 160 valence electrons. The Balaban J connectivity index is 1.51. The third kappa shape index (κ3) is 4.89. The van der Waals surface area contributed by atoms with Crippen molar-refractivity contribution < 1.29 is 14.6 Å². The van der Waals surface area contributed by atoms with Gasteiger partial charge in [-0.25, -0.2) is 4.98 Å². The minimum Gasteiger partial charge on any atom is -0.490 e. The number of hydrogen-bond donors (Lipinski definition) is 1. The van der Waals surface area contributed by atoms with E-state index in [4.69, 9.17) is 14.5 Å². The Bertz CT molecular complexity index is 1160. The van der Waals surface area contributed by atoms with Crippen molar-refractivity contribution in [1.82, 2.24) is 9.55 Å². The number of nitrogens with zero attached hydrogens (tertiary/aromatic N) is 2. The van der Waals surface area contributed by atoms with E-state index in [2.05, 4.69) is 0 Å². The lowest BCUT2D eigenvalue weighted by Gasteiger charge is -2.18. The number of rotatable bonds is 8. The molecule has 5 heteroatoms. The summed E-state index contributed by atoms with van der Waals surface area (Å²) in [6, 6.07) is 21.9. The van der Waals surface area contributed by atoms with E-state index in [-0.39, 0.29) is 6.61 Å². The van der Waals surface area contributed by atoms with E-state index in [1.807, 2.05) is 92.1 Å². The molecule has 0 aliphatic rings. The molecule has 0 bridgehead atoms. The molecule has 0 unspecified atom stereocenters. The average Bonchev–Trinajstić information content (AvgIpc) is 3.09. The van der Waals surface area contributed by atoms with Gasteiger partial charge < -0.3 is 19.1 Å². The molecule has 5 nitrogen and oxygen atoms in total. The van der Waals surface area contributed by atoms with E-state index in [1.54, 1.807) is 0 Å². The van der Waals surface area contributed by atoms with Crippen LogP contribution in [0.15, 0.2) is 66.7 Å². The number of fused-ring (bicyclic) bond motifs is 1. The van der Waals surface area contributed by atoms with Crippen molar-refractivity contribution in [2.24, 2.45) is 0 Å². The van der Waals surface area contributed by atoms with Crippen LogP contribution in [0.3, 0.4) is 0 Å². The zero-order valence-electron chi connectivity index (χ0n) is 18.2. The summed E-state index contributed by atoms with van der Waals surface area (Å²) in [4.78, 5) is 4.74. The largest absolute Gasteiger partial charge is 0.490 e. The predicted octanol–water partition coefficient (Wildman–Crippen LogP) is 4.98. The minimum atomic E-state index is -0.686. The van der Waals surface area contributed by atoms with Crippen molar-refractivity contribution in [3.05, 3.63) is 89.2 Å². The quantitative estimate of drug-likeness (QED) is 0.440. The molecule has 0 saturated heterocycles. The monoisotopic (exact) mass is 416 g/mol. The summed E-state index contributed by atoms with van der Waals surface area (Å²) in [7, 11) is 0. The van der Waals surface area contributed by atoms with Gasteiger partial charge in [0.15, 0.2) is 0 Å². The summed E-state index contributed by atoms with van der Waals surface area (Å²) < 4.78 is 14.0. The van der Waals surface area contributed by atoms with E-state index in [1.165, 1.54) is 0 Å². The Kier molecular flexibility index (Phi) is 6.23. The number of para-hydroxylation sites is 3. The van der Waals surface area contributed by atoms with Crippen molar-refractivity contribution in [3.63, 3.8) is 0 Å². The SMILES string of the molecule is Cc1cccc(OCc2nc3ccccc3n2C[C@H](O)COc2c(C)cccc2C)c1. The van der Waals surface area contributed by atoms with Crippen molar-refractivity contribution in [3.8, 4) is 11.5 Å². The Labute approximate surface area is 182 Å². The van der Waals surface area contributed by atoms with Gasteiger partial charge in [0.2, 0.25) is 0 Å². The number of hydrogen-bond acceptors (Lipinski definition) is 4. The van der Waals surface area contributed by atoms with Crippen LogP contribution in [0.5, 0.6) is 11.5 Å². The molecular formula is C26H28N2O3. The molecule has 4 aromatic rings. The van der Waals surface area contributed by atoms with Gasteiger partial charge in [-0.1, -0.05) is 42.5 Å². The predicted molar refractivity (Wildman–Crippen MR) is 123 cm³/mol. The van der Waals surface area contributed by atoms with Crippen LogP contribution < -0.4 is 9.47 Å². The van der Waals surface area contributed by atoms with Crippen molar-refractivity contribution in [1.29, 1.82) is 0 Å². The molecule has 0 amide bonds. The molecule has 3 aromatic carbocycles. The highest BCUT2D eigenvalue weighted by atomic mass is 16.5. The Hall–Kier alpha value is -3.31. The van der Waals surface area contributed by atoms with Gasteiger partial charge in [0, 0.05) is 0 Å². The number of aliphatic hydroxyl groups excluding tert-OH is 1. The molecule has 1 aromatic heterocycles. The van der Waals surface area contributed by atoms with Crippen LogP contribution >= 0.6 is 0 Å². The van der Waals surface area contributed by atoms with Gasteiger partial charge in [-0.2, -0.15) is 0 Å². The van der Waals surface area contributed by atoms with Crippen LogP contribution in [0.1, 0.15) is 22.5 Å². The Morgan fingerprint density at radius 3 is 2.42 bits per heavy atom.